The van der Waals surface area contributed by atoms with Crippen molar-refractivity contribution in [2.45, 2.75) is 6.92 Å². The summed E-state index contributed by atoms with van der Waals surface area (Å²) in [5.41, 5.74) is 0. The first kappa shape index (κ1) is 8.88. The second-order valence-electron chi connectivity index (χ2n) is 3.43. The van der Waals surface area contributed by atoms with Gasteiger partial charge < -0.3 is 0 Å². The van der Waals surface area contributed by atoms with E-state index in [9.17, 15) is 9.59 Å². The van der Waals surface area contributed by atoms with E-state index in [1.165, 1.54) is 6.92 Å². The first-order chi connectivity index (χ1) is 6.68. The van der Waals surface area contributed by atoms with Gasteiger partial charge in [0.25, 0.3) is 0 Å². The minimum absolute atomic E-state index is 0.0965. The summed E-state index contributed by atoms with van der Waals surface area (Å²) in [4.78, 5) is 22.6. The van der Waals surface area contributed by atoms with Gasteiger partial charge in [0.1, 0.15) is 5.78 Å². The highest BCUT2D eigenvalue weighted by Crippen LogP contribution is 2.05. The normalized spacial score (nSPS) is 19.2. The summed E-state index contributed by atoms with van der Waals surface area (Å²) >= 11 is 0. The average Bonchev–Trinajstić information content (AvgIpc) is 2.16. The molecule has 2 nitrogen and oxygen atoms in total. The van der Waals surface area contributed by atoms with Gasteiger partial charge >= 0.3 is 0 Å². The molecule has 1 aliphatic rings. The van der Waals surface area contributed by atoms with Crippen molar-refractivity contribution in [3.8, 4) is 0 Å². The first-order valence-corrected chi connectivity index (χ1v) is 4.51. The molecule has 1 aliphatic carbocycles. The molecule has 0 heterocycles. The topological polar surface area (TPSA) is 34.1 Å². The number of Topliss-reactive ketones (excluding diaryl/α,β-unsaturated/α-hetero) is 2. The lowest BCUT2D eigenvalue weighted by molar-refractivity contribution is -0.125. The molecule has 0 bridgehead atoms. The predicted molar refractivity (Wildman–Crippen MR) is 53.8 cm³/mol. The van der Waals surface area contributed by atoms with E-state index in [0.29, 0.717) is 0 Å². The molecular weight excluding hydrogens is 176 g/mol. The van der Waals surface area contributed by atoms with Crippen LogP contribution in [-0.4, -0.2) is 11.6 Å². The molecule has 1 atom stereocenters. The van der Waals surface area contributed by atoms with Gasteiger partial charge in [-0.05, 0) is 23.4 Å². The summed E-state index contributed by atoms with van der Waals surface area (Å²) in [6, 6.07) is 7.56. The Bertz CT molecular complexity index is 511. The zero-order valence-electron chi connectivity index (χ0n) is 7.86. The number of carbonyl (C=O) groups is 2. The molecule has 0 fully saturated rings. The molecule has 1 aromatic carbocycles. The summed E-state index contributed by atoms with van der Waals surface area (Å²) < 4.78 is 0. The van der Waals surface area contributed by atoms with Crippen molar-refractivity contribution in [1.29, 1.82) is 0 Å². The zero-order valence-corrected chi connectivity index (χ0v) is 7.86. The Hall–Kier alpha value is -1.70. The standard InChI is InChI=1S/C12H10O2/c1-8(13)11-6-9-4-2-3-5-10(9)7-12(11)14/h2-7,11H,1H3. The highest BCUT2D eigenvalue weighted by Gasteiger charge is 2.20. The van der Waals surface area contributed by atoms with Crippen molar-refractivity contribution in [2.24, 2.45) is 5.92 Å². The van der Waals surface area contributed by atoms with E-state index in [1.54, 1.807) is 12.2 Å². The van der Waals surface area contributed by atoms with Crippen molar-refractivity contribution in [3.05, 3.63) is 34.7 Å². The molecule has 1 aromatic rings. The van der Waals surface area contributed by atoms with E-state index in [2.05, 4.69) is 0 Å². The summed E-state index contributed by atoms with van der Waals surface area (Å²) in [5, 5.41) is 1.86. The van der Waals surface area contributed by atoms with Crippen LogP contribution >= 0.6 is 0 Å². The highest BCUT2D eigenvalue weighted by atomic mass is 16.1. The molecular formula is C12H10O2. The molecule has 2 heteroatoms. The van der Waals surface area contributed by atoms with Crippen molar-refractivity contribution >= 4 is 23.7 Å². The molecule has 0 saturated heterocycles. The predicted octanol–water partition coefficient (Wildman–Crippen LogP) is 0.0355. The Kier molecular flexibility index (Phi) is 2.04. The minimum atomic E-state index is -0.579. The molecule has 1 unspecified atom stereocenters. The van der Waals surface area contributed by atoms with Gasteiger partial charge in [0.05, 0.1) is 5.92 Å². The van der Waals surface area contributed by atoms with Gasteiger partial charge in [0, 0.05) is 0 Å². The summed E-state index contributed by atoms with van der Waals surface area (Å²) in [6.45, 7) is 1.45. The molecule has 0 radical (unpaired) electrons. The lowest BCUT2D eigenvalue weighted by Crippen LogP contribution is -2.35. The largest absolute Gasteiger partial charge is 0.299 e. The fourth-order valence-corrected chi connectivity index (χ4v) is 1.62. The highest BCUT2D eigenvalue weighted by molar-refractivity contribution is 6.20. The van der Waals surface area contributed by atoms with Crippen LogP contribution in [0.25, 0.3) is 12.2 Å². The van der Waals surface area contributed by atoms with Gasteiger partial charge in [-0.1, -0.05) is 30.3 Å². The number of ketones is 2. The lowest BCUT2D eigenvalue weighted by Gasteiger charge is -2.08. The Morgan fingerprint density at radius 3 is 2.50 bits per heavy atom. The maximum Gasteiger partial charge on any atom is 0.170 e. The molecule has 0 amide bonds. The van der Waals surface area contributed by atoms with Gasteiger partial charge in [-0.15, -0.1) is 0 Å². The summed E-state index contributed by atoms with van der Waals surface area (Å²) in [5.74, 6) is -0.790. The van der Waals surface area contributed by atoms with E-state index in [1.807, 2.05) is 24.3 Å². The van der Waals surface area contributed by atoms with Crippen LogP contribution in [0.5, 0.6) is 0 Å². The van der Waals surface area contributed by atoms with Crippen molar-refractivity contribution < 1.29 is 9.59 Å². The Labute approximate surface area is 81.6 Å². The molecule has 2 rings (SSSR count). The monoisotopic (exact) mass is 186 g/mol. The number of rotatable bonds is 1. The third kappa shape index (κ3) is 1.39. The first-order valence-electron chi connectivity index (χ1n) is 4.51. The van der Waals surface area contributed by atoms with E-state index in [0.717, 1.165) is 10.4 Å². The van der Waals surface area contributed by atoms with Crippen molar-refractivity contribution in [3.63, 3.8) is 0 Å². The van der Waals surface area contributed by atoms with E-state index in [-0.39, 0.29) is 11.6 Å². The van der Waals surface area contributed by atoms with E-state index >= 15 is 0 Å². The van der Waals surface area contributed by atoms with Gasteiger partial charge in [0.15, 0.2) is 5.78 Å². The van der Waals surface area contributed by atoms with Gasteiger partial charge in [-0.3, -0.25) is 9.59 Å². The summed E-state index contributed by atoms with van der Waals surface area (Å²) in [7, 11) is 0. The fraction of sp³-hybridized carbons (Fsp3) is 0.167. The van der Waals surface area contributed by atoms with Crippen molar-refractivity contribution in [1.82, 2.24) is 0 Å². The van der Waals surface area contributed by atoms with Crippen LogP contribution < -0.4 is 10.4 Å². The molecule has 14 heavy (non-hydrogen) atoms. The van der Waals surface area contributed by atoms with Crippen LogP contribution in [0.3, 0.4) is 0 Å². The number of hydrogen-bond acceptors (Lipinski definition) is 2. The second kappa shape index (κ2) is 3.22. The minimum Gasteiger partial charge on any atom is -0.299 e. The summed E-state index contributed by atoms with van der Waals surface area (Å²) in [6.07, 6.45) is 3.28. The van der Waals surface area contributed by atoms with E-state index < -0.39 is 5.92 Å². The number of hydrogen-bond donors (Lipinski definition) is 0. The maximum absolute atomic E-state index is 11.5. The lowest BCUT2D eigenvalue weighted by atomic mass is 9.93. The fourth-order valence-electron chi connectivity index (χ4n) is 1.62. The molecule has 0 aromatic heterocycles. The third-order valence-electron chi connectivity index (χ3n) is 2.38. The second-order valence-corrected chi connectivity index (χ2v) is 3.43. The smallest absolute Gasteiger partial charge is 0.170 e. The van der Waals surface area contributed by atoms with Gasteiger partial charge in [0.2, 0.25) is 0 Å². The zero-order chi connectivity index (χ0) is 10.1. The maximum atomic E-state index is 11.5. The van der Waals surface area contributed by atoms with Gasteiger partial charge in [-0.25, -0.2) is 0 Å². The molecule has 0 spiro atoms. The van der Waals surface area contributed by atoms with Crippen LogP contribution in [0.4, 0.5) is 0 Å². The molecule has 0 aliphatic heterocycles. The number of carbonyl (C=O) groups excluding carboxylic acids is 2. The third-order valence-corrected chi connectivity index (χ3v) is 2.38. The molecule has 0 saturated carbocycles. The SMILES string of the molecule is CC(=O)C1C=c2ccccc2=CC1=O. The van der Waals surface area contributed by atoms with Crippen LogP contribution in [0.2, 0.25) is 0 Å². The van der Waals surface area contributed by atoms with Crippen LogP contribution in [0.1, 0.15) is 6.92 Å². The molecule has 0 N–H and O–H groups in total. The average molecular weight is 186 g/mol. The Morgan fingerprint density at radius 2 is 1.86 bits per heavy atom. The van der Waals surface area contributed by atoms with Crippen LogP contribution in [0, 0.1) is 5.92 Å². The van der Waals surface area contributed by atoms with Crippen LogP contribution in [0.15, 0.2) is 24.3 Å². The van der Waals surface area contributed by atoms with Crippen molar-refractivity contribution in [2.75, 3.05) is 0 Å². The Morgan fingerprint density at radius 1 is 1.21 bits per heavy atom. The van der Waals surface area contributed by atoms with Gasteiger partial charge in [-0.2, -0.15) is 0 Å². The number of fused-ring (bicyclic) bond motifs is 1. The molecule has 70 valence electrons. The van der Waals surface area contributed by atoms with Crippen LogP contribution in [-0.2, 0) is 9.59 Å². The quantitative estimate of drug-likeness (QED) is 0.580. The number of benzene rings is 1. The Balaban J connectivity index is 2.67. The van der Waals surface area contributed by atoms with E-state index in [4.69, 9.17) is 0 Å².